The Kier molecular flexibility index (Phi) is 20.1. The summed E-state index contributed by atoms with van der Waals surface area (Å²) in [5.74, 6) is 0. The first-order valence-electron chi connectivity index (χ1n) is 3.30. The standard InChI is InChI=1S/C8H12.2CH3.Pd/c1-2-4-6-8-7-5-3-1;;;/h1-2,7-8H,3-6H2;2*1H3;/q;2*-1;+2. The van der Waals surface area contributed by atoms with E-state index in [0.29, 0.717) is 0 Å². The van der Waals surface area contributed by atoms with E-state index in [2.05, 4.69) is 24.3 Å². The zero-order chi connectivity index (χ0) is 5.66. The minimum absolute atomic E-state index is 0. The van der Waals surface area contributed by atoms with Crippen molar-refractivity contribution in [1.82, 2.24) is 0 Å². The van der Waals surface area contributed by atoms with Crippen LogP contribution in [0.5, 0.6) is 0 Å². The molecule has 0 radical (unpaired) electrons. The van der Waals surface area contributed by atoms with Gasteiger partial charge in [-0.2, -0.15) is 0 Å². The number of rotatable bonds is 0. The van der Waals surface area contributed by atoms with Gasteiger partial charge in [0.25, 0.3) is 0 Å². The van der Waals surface area contributed by atoms with Crippen molar-refractivity contribution < 1.29 is 20.4 Å². The predicted molar refractivity (Wildman–Crippen MR) is 49.6 cm³/mol. The Hall–Kier alpha value is 0.142. The first-order valence-corrected chi connectivity index (χ1v) is 3.30. The van der Waals surface area contributed by atoms with Gasteiger partial charge in [-0.1, -0.05) is 24.3 Å². The summed E-state index contributed by atoms with van der Waals surface area (Å²) in [5, 5.41) is 0. The molecule has 1 aliphatic rings. The molecule has 0 aromatic rings. The zero-order valence-corrected chi connectivity index (χ0v) is 9.01. The second kappa shape index (κ2) is 12.8. The molecule has 0 fully saturated rings. The summed E-state index contributed by atoms with van der Waals surface area (Å²) in [4.78, 5) is 0. The molecule has 11 heavy (non-hydrogen) atoms. The van der Waals surface area contributed by atoms with E-state index >= 15 is 0 Å². The molecule has 0 saturated carbocycles. The van der Waals surface area contributed by atoms with Crippen molar-refractivity contribution in [3.05, 3.63) is 39.2 Å². The third-order valence-corrected chi connectivity index (χ3v) is 1.33. The van der Waals surface area contributed by atoms with Gasteiger partial charge in [0.05, 0.1) is 0 Å². The van der Waals surface area contributed by atoms with Crippen LogP contribution in [0, 0.1) is 14.9 Å². The van der Waals surface area contributed by atoms with E-state index in [1.807, 2.05) is 0 Å². The number of hydrogen-bond acceptors (Lipinski definition) is 0. The van der Waals surface area contributed by atoms with Crippen LogP contribution in [0.1, 0.15) is 25.7 Å². The van der Waals surface area contributed by atoms with Crippen molar-refractivity contribution in [2.24, 2.45) is 0 Å². The topological polar surface area (TPSA) is 0 Å². The first kappa shape index (κ1) is 17.3. The van der Waals surface area contributed by atoms with Crippen molar-refractivity contribution in [1.29, 1.82) is 0 Å². The molecule has 68 valence electrons. The molecule has 0 aliphatic heterocycles. The monoisotopic (exact) mass is 244 g/mol. The molecule has 0 amide bonds. The van der Waals surface area contributed by atoms with Crippen LogP contribution in [-0.4, -0.2) is 0 Å². The quantitative estimate of drug-likeness (QED) is 0.347. The maximum atomic E-state index is 2.27. The Bertz CT molecular complexity index is 77.4. The average molecular weight is 245 g/mol. The van der Waals surface area contributed by atoms with E-state index in [1.165, 1.54) is 25.7 Å². The molecule has 0 aromatic carbocycles. The van der Waals surface area contributed by atoms with E-state index < -0.39 is 0 Å². The third kappa shape index (κ3) is 10.1. The Labute approximate surface area is 85.4 Å². The third-order valence-electron chi connectivity index (χ3n) is 1.33. The van der Waals surface area contributed by atoms with Crippen molar-refractivity contribution in [3.8, 4) is 0 Å². The van der Waals surface area contributed by atoms with Gasteiger partial charge in [-0.05, 0) is 25.7 Å². The van der Waals surface area contributed by atoms with Crippen LogP contribution < -0.4 is 0 Å². The van der Waals surface area contributed by atoms with Crippen molar-refractivity contribution in [2.75, 3.05) is 0 Å². The molecule has 0 nitrogen and oxygen atoms in total. The molecule has 0 heterocycles. The summed E-state index contributed by atoms with van der Waals surface area (Å²) < 4.78 is 0. The van der Waals surface area contributed by atoms with E-state index in [-0.39, 0.29) is 35.3 Å². The molecular formula is C10H18Pd. The van der Waals surface area contributed by atoms with Gasteiger partial charge in [0.15, 0.2) is 0 Å². The fraction of sp³-hybridized carbons (Fsp3) is 0.400. The van der Waals surface area contributed by atoms with Gasteiger partial charge in [0.1, 0.15) is 0 Å². The Morgan fingerprint density at radius 1 is 0.545 bits per heavy atom. The fourth-order valence-corrected chi connectivity index (χ4v) is 0.856. The molecule has 0 unspecified atom stereocenters. The van der Waals surface area contributed by atoms with E-state index in [0.717, 1.165) is 0 Å². The molecule has 0 aromatic heterocycles. The normalized spacial score (nSPS) is 14.5. The van der Waals surface area contributed by atoms with Crippen LogP contribution in [0.4, 0.5) is 0 Å². The molecule has 0 bridgehead atoms. The minimum atomic E-state index is 0. The number of allylic oxidation sites excluding steroid dienone is 4. The van der Waals surface area contributed by atoms with Crippen LogP contribution in [0.25, 0.3) is 0 Å². The summed E-state index contributed by atoms with van der Waals surface area (Å²) in [6.45, 7) is 0. The molecule has 0 N–H and O–H groups in total. The van der Waals surface area contributed by atoms with Gasteiger partial charge in [0.2, 0.25) is 0 Å². The van der Waals surface area contributed by atoms with Gasteiger partial charge in [0, 0.05) is 0 Å². The molecule has 1 aliphatic carbocycles. The van der Waals surface area contributed by atoms with E-state index in [1.54, 1.807) is 0 Å². The first-order chi connectivity index (χ1) is 4.00. The summed E-state index contributed by atoms with van der Waals surface area (Å²) in [7, 11) is 0. The van der Waals surface area contributed by atoms with Crippen molar-refractivity contribution in [2.45, 2.75) is 25.7 Å². The van der Waals surface area contributed by atoms with Gasteiger partial charge in [-0.25, -0.2) is 0 Å². The molecule has 0 spiro atoms. The second-order valence-corrected chi connectivity index (χ2v) is 2.10. The van der Waals surface area contributed by atoms with Crippen LogP contribution >= 0.6 is 0 Å². The molecule has 0 saturated heterocycles. The molecule has 1 rings (SSSR count). The minimum Gasteiger partial charge on any atom is -0.358 e. The summed E-state index contributed by atoms with van der Waals surface area (Å²) in [6, 6.07) is 0. The summed E-state index contributed by atoms with van der Waals surface area (Å²) in [6.07, 6.45) is 14.0. The zero-order valence-electron chi connectivity index (χ0n) is 7.45. The molecule has 1 heteroatoms. The van der Waals surface area contributed by atoms with E-state index in [9.17, 15) is 0 Å². The predicted octanol–water partition coefficient (Wildman–Crippen LogP) is 3.57. The van der Waals surface area contributed by atoms with Gasteiger partial charge < -0.3 is 14.9 Å². The van der Waals surface area contributed by atoms with Crippen molar-refractivity contribution >= 4 is 0 Å². The Balaban J connectivity index is -0.000000213. The largest absolute Gasteiger partial charge is 2.00 e. The molecular weight excluding hydrogens is 227 g/mol. The second-order valence-electron chi connectivity index (χ2n) is 2.10. The number of hydrogen-bond donors (Lipinski definition) is 0. The van der Waals surface area contributed by atoms with Gasteiger partial charge in [-0.3, -0.25) is 0 Å². The molecule has 0 atom stereocenters. The van der Waals surface area contributed by atoms with Crippen LogP contribution in [0.15, 0.2) is 24.3 Å². The summed E-state index contributed by atoms with van der Waals surface area (Å²) >= 11 is 0. The van der Waals surface area contributed by atoms with Crippen LogP contribution in [0.3, 0.4) is 0 Å². The van der Waals surface area contributed by atoms with Crippen LogP contribution in [0.2, 0.25) is 0 Å². The SMILES string of the molecule is C1=CCCC=CCC1.[CH3-].[CH3-].[Pd+2]. The van der Waals surface area contributed by atoms with Gasteiger partial charge >= 0.3 is 20.4 Å². The average Bonchev–Trinajstić information content (AvgIpc) is 1.62. The van der Waals surface area contributed by atoms with E-state index in [4.69, 9.17) is 0 Å². The maximum Gasteiger partial charge on any atom is 2.00 e. The fourth-order valence-electron chi connectivity index (χ4n) is 0.856. The Morgan fingerprint density at radius 2 is 0.727 bits per heavy atom. The smallest absolute Gasteiger partial charge is 0.358 e. The Morgan fingerprint density at radius 3 is 0.909 bits per heavy atom. The van der Waals surface area contributed by atoms with Crippen molar-refractivity contribution in [3.63, 3.8) is 0 Å². The van der Waals surface area contributed by atoms with Crippen LogP contribution in [-0.2, 0) is 20.4 Å². The summed E-state index contributed by atoms with van der Waals surface area (Å²) in [5.41, 5.74) is 0. The van der Waals surface area contributed by atoms with Gasteiger partial charge in [-0.15, -0.1) is 0 Å². The maximum absolute atomic E-state index is 2.27.